The summed E-state index contributed by atoms with van der Waals surface area (Å²) in [5, 5.41) is 7.48. The van der Waals surface area contributed by atoms with E-state index in [1.54, 1.807) is 22.9 Å². The largest absolute Gasteiger partial charge is 0.494 e. The van der Waals surface area contributed by atoms with Crippen molar-refractivity contribution in [1.29, 1.82) is 0 Å². The van der Waals surface area contributed by atoms with Crippen molar-refractivity contribution in [3.8, 4) is 5.75 Å². The van der Waals surface area contributed by atoms with Crippen molar-refractivity contribution in [3.63, 3.8) is 0 Å². The number of primary amides is 1. The third kappa shape index (κ3) is 3.99. The van der Waals surface area contributed by atoms with E-state index in [0.717, 1.165) is 30.5 Å². The average Bonchev–Trinajstić information content (AvgIpc) is 2.98. The lowest BCUT2D eigenvalue weighted by molar-refractivity contribution is -0.118. The maximum atomic E-state index is 12.6. The molecule has 1 aromatic carbocycles. The molecule has 1 atom stereocenters. The van der Waals surface area contributed by atoms with Crippen LogP contribution in [0.1, 0.15) is 47.4 Å². The highest BCUT2D eigenvalue weighted by molar-refractivity contribution is 5.94. The fraction of sp³-hybridized carbons (Fsp3) is 0.389. The van der Waals surface area contributed by atoms with Gasteiger partial charge in [0.25, 0.3) is 5.91 Å². The summed E-state index contributed by atoms with van der Waals surface area (Å²) in [6.45, 7) is 2.50. The summed E-state index contributed by atoms with van der Waals surface area (Å²) in [5.41, 5.74) is 7.66. The van der Waals surface area contributed by atoms with Gasteiger partial charge >= 0.3 is 0 Å². The molecule has 132 valence electrons. The number of carbonyl (C=O) groups is 2. The zero-order valence-corrected chi connectivity index (χ0v) is 14.2. The van der Waals surface area contributed by atoms with Crippen molar-refractivity contribution in [2.75, 3.05) is 6.61 Å². The molecular weight excluding hydrogens is 320 g/mol. The molecule has 3 N–H and O–H groups in total. The highest BCUT2D eigenvalue weighted by Gasteiger charge is 2.26. The van der Waals surface area contributed by atoms with Crippen LogP contribution < -0.4 is 15.8 Å². The third-order valence-corrected chi connectivity index (χ3v) is 4.17. The minimum absolute atomic E-state index is 0.0457. The normalized spacial score (nSPS) is 16.1. The lowest BCUT2D eigenvalue weighted by atomic mass is 9.93. The van der Waals surface area contributed by atoms with Crippen LogP contribution in [-0.2, 0) is 17.8 Å². The molecule has 1 aliphatic rings. The van der Waals surface area contributed by atoms with Gasteiger partial charge in [-0.05, 0) is 49.9 Å². The molecule has 2 aromatic rings. The Morgan fingerprint density at radius 1 is 1.44 bits per heavy atom. The Morgan fingerprint density at radius 3 is 3.04 bits per heavy atom. The monoisotopic (exact) mass is 342 g/mol. The molecule has 3 rings (SSSR count). The average molecular weight is 342 g/mol. The summed E-state index contributed by atoms with van der Waals surface area (Å²) in [6.07, 6.45) is 4.51. The highest BCUT2D eigenvalue weighted by Crippen LogP contribution is 2.29. The molecule has 1 unspecified atom stereocenters. The van der Waals surface area contributed by atoms with Crippen LogP contribution in [-0.4, -0.2) is 28.2 Å². The van der Waals surface area contributed by atoms with Gasteiger partial charge in [-0.25, -0.2) is 0 Å². The molecule has 0 spiro atoms. The van der Waals surface area contributed by atoms with E-state index in [0.29, 0.717) is 17.9 Å². The first-order valence-electron chi connectivity index (χ1n) is 8.45. The second-order valence-corrected chi connectivity index (χ2v) is 6.08. The van der Waals surface area contributed by atoms with Crippen LogP contribution in [0.2, 0.25) is 0 Å². The van der Waals surface area contributed by atoms with Gasteiger partial charge in [0.1, 0.15) is 12.3 Å². The Balaban J connectivity index is 1.75. The van der Waals surface area contributed by atoms with E-state index in [9.17, 15) is 9.59 Å². The van der Waals surface area contributed by atoms with E-state index in [-0.39, 0.29) is 18.5 Å². The van der Waals surface area contributed by atoms with Crippen molar-refractivity contribution in [2.24, 2.45) is 5.73 Å². The van der Waals surface area contributed by atoms with Gasteiger partial charge in [0.2, 0.25) is 5.91 Å². The molecule has 2 amide bonds. The second-order valence-electron chi connectivity index (χ2n) is 6.08. The van der Waals surface area contributed by atoms with Gasteiger partial charge in [0.05, 0.1) is 18.3 Å². The number of hydrogen-bond acceptors (Lipinski definition) is 4. The summed E-state index contributed by atoms with van der Waals surface area (Å²) < 4.78 is 6.99. The smallest absolute Gasteiger partial charge is 0.251 e. The molecule has 0 saturated heterocycles. The molecule has 25 heavy (non-hydrogen) atoms. The number of aryl methyl sites for hydroxylation is 1. The number of hydrogen-bond donors (Lipinski definition) is 2. The van der Waals surface area contributed by atoms with Gasteiger partial charge in [-0.1, -0.05) is 6.07 Å². The summed E-state index contributed by atoms with van der Waals surface area (Å²) in [4.78, 5) is 23.7. The Labute approximate surface area is 146 Å². The van der Waals surface area contributed by atoms with E-state index in [4.69, 9.17) is 10.5 Å². The SMILES string of the molecule is CCOc1cccc(C(=O)NC2CCCc3cn(CC(N)=O)nc32)c1. The van der Waals surface area contributed by atoms with Crippen molar-refractivity contribution in [3.05, 3.63) is 47.3 Å². The Morgan fingerprint density at radius 2 is 2.28 bits per heavy atom. The quantitative estimate of drug-likeness (QED) is 0.832. The first kappa shape index (κ1) is 17.0. The van der Waals surface area contributed by atoms with Crippen LogP contribution >= 0.6 is 0 Å². The fourth-order valence-corrected chi connectivity index (χ4v) is 3.11. The number of carbonyl (C=O) groups excluding carboxylic acids is 2. The van der Waals surface area contributed by atoms with Crippen LogP contribution in [0.4, 0.5) is 0 Å². The van der Waals surface area contributed by atoms with Gasteiger partial charge < -0.3 is 15.8 Å². The maximum absolute atomic E-state index is 12.6. The van der Waals surface area contributed by atoms with Gasteiger partial charge in [-0.15, -0.1) is 0 Å². The number of rotatable bonds is 6. The molecule has 0 saturated carbocycles. The molecule has 0 fully saturated rings. The molecule has 7 nitrogen and oxygen atoms in total. The summed E-state index contributed by atoms with van der Waals surface area (Å²) in [6, 6.07) is 6.95. The highest BCUT2D eigenvalue weighted by atomic mass is 16.5. The number of ether oxygens (including phenoxy) is 1. The van der Waals surface area contributed by atoms with Crippen molar-refractivity contribution in [2.45, 2.75) is 38.8 Å². The van der Waals surface area contributed by atoms with Crippen LogP contribution in [0.5, 0.6) is 5.75 Å². The molecule has 1 aliphatic carbocycles. The molecule has 7 heteroatoms. The summed E-state index contributed by atoms with van der Waals surface area (Å²) >= 11 is 0. The Kier molecular flexibility index (Phi) is 5.02. The predicted molar refractivity (Wildman–Crippen MR) is 92.2 cm³/mol. The van der Waals surface area contributed by atoms with Gasteiger partial charge in [-0.2, -0.15) is 5.10 Å². The van der Waals surface area contributed by atoms with E-state index < -0.39 is 5.91 Å². The van der Waals surface area contributed by atoms with Gasteiger partial charge in [-0.3, -0.25) is 14.3 Å². The second kappa shape index (κ2) is 7.38. The minimum atomic E-state index is -0.437. The van der Waals surface area contributed by atoms with E-state index in [1.807, 2.05) is 19.2 Å². The van der Waals surface area contributed by atoms with E-state index in [1.165, 1.54) is 0 Å². The van der Waals surface area contributed by atoms with Crippen LogP contribution in [0, 0.1) is 0 Å². The summed E-state index contributed by atoms with van der Waals surface area (Å²) in [7, 11) is 0. The lowest BCUT2D eigenvalue weighted by Gasteiger charge is -2.22. The van der Waals surface area contributed by atoms with Crippen LogP contribution in [0.3, 0.4) is 0 Å². The maximum Gasteiger partial charge on any atom is 0.251 e. The first-order valence-corrected chi connectivity index (χ1v) is 8.45. The molecule has 0 bridgehead atoms. The number of nitrogens with zero attached hydrogens (tertiary/aromatic N) is 2. The Hall–Kier alpha value is -2.83. The molecule has 1 heterocycles. The van der Waals surface area contributed by atoms with E-state index in [2.05, 4.69) is 10.4 Å². The lowest BCUT2D eigenvalue weighted by Crippen LogP contribution is -2.31. The van der Waals surface area contributed by atoms with Crippen molar-refractivity contribution < 1.29 is 14.3 Å². The first-order chi connectivity index (χ1) is 12.1. The Bertz CT molecular complexity index is 784. The van der Waals surface area contributed by atoms with Crippen LogP contribution in [0.25, 0.3) is 0 Å². The van der Waals surface area contributed by atoms with Crippen LogP contribution in [0.15, 0.2) is 30.5 Å². The van der Waals surface area contributed by atoms with Crippen molar-refractivity contribution >= 4 is 11.8 Å². The topological polar surface area (TPSA) is 99.2 Å². The fourth-order valence-electron chi connectivity index (χ4n) is 3.11. The number of aromatic nitrogens is 2. The van der Waals surface area contributed by atoms with Gasteiger partial charge in [0.15, 0.2) is 0 Å². The zero-order chi connectivity index (χ0) is 17.8. The molecular formula is C18H22N4O3. The molecule has 0 aliphatic heterocycles. The summed E-state index contributed by atoms with van der Waals surface area (Å²) in [5.74, 6) is 0.0715. The number of nitrogens with two attached hydrogens (primary N) is 1. The van der Waals surface area contributed by atoms with E-state index >= 15 is 0 Å². The molecule has 0 radical (unpaired) electrons. The third-order valence-electron chi connectivity index (χ3n) is 4.17. The number of benzene rings is 1. The minimum Gasteiger partial charge on any atom is -0.494 e. The number of amides is 2. The van der Waals surface area contributed by atoms with Crippen molar-refractivity contribution in [1.82, 2.24) is 15.1 Å². The zero-order valence-electron chi connectivity index (χ0n) is 14.2. The van der Waals surface area contributed by atoms with Gasteiger partial charge in [0, 0.05) is 11.8 Å². The molecule has 1 aromatic heterocycles. The number of fused-ring (bicyclic) bond motifs is 1. The standard InChI is InChI=1S/C18H22N4O3/c1-2-25-14-7-3-5-12(9-14)18(24)20-15-8-4-6-13-10-22(11-16(19)23)21-17(13)15/h3,5,7,9-10,15H,2,4,6,8,11H2,1H3,(H2,19,23)(H,20,24). The predicted octanol–water partition coefficient (Wildman–Crippen LogP) is 1.57. The number of nitrogens with one attached hydrogen (secondary N) is 1.